The molecule has 1 aliphatic rings. The summed E-state index contributed by atoms with van der Waals surface area (Å²) in [4.78, 5) is 27.5. The van der Waals surface area contributed by atoms with Gasteiger partial charge in [-0.3, -0.25) is 14.5 Å². The summed E-state index contributed by atoms with van der Waals surface area (Å²) in [5.74, 6) is -0.306. The molecule has 4 rings (SSSR count). The highest BCUT2D eigenvalue weighted by Gasteiger charge is 2.39. The molecule has 0 fully saturated rings. The summed E-state index contributed by atoms with van der Waals surface area (Å²) in [6.07, 6.45) is 1.50. The normalized spacial score (nSPS) is 14.1. The lowest BCUT2D eigenvalue weighted by atomic mass is 10.0. The van der Waals surface area contributed by atoms with E-state index in [0.717, 1.165) is 10.5 Å². The Morgan fingerprint density at radius 2 is 1.69 bits per heavy atom. The summed E-state index contributed by atoms with van der Waals surface area (Å²) in [6, 6.07) is 15.5. The highest BCUT2D eigenvalue weighted by Crippen LogP contribution is 2.33. The minimum atomic E-state index is -0.425. The monoisotopic (exact) mass is 426 g/mol. The van der Waals surface area contributed by atoms with Crippen LogP contribution in [0.15, 0.2) is 71.0 Å². The van der Waals surface area contributed by atoms with Crippen molar-refractivity contribution in [1.29, 1.82) is 0 Å². The maximum Gasteiger partial charge on any atom is 0.278 e. The Morgan fingerprint density at radius 3 is 2.34 bits per heavy atom. The number of imide groups is 1. The Hall–Kier alpha value is -3.02. The van der Waals surface area contributed by atoms with Gasteiger partial charge in [0.1, 0.15) is 11.5 Å². The number of furan rings is 1. The smallest absolute Gasteiger partial charge is 0.278 e. The van der Waals surface area contributed by atoms with Crippen LogP contribution in [0.25, 0.3) is 5.57 Å². The number of amides is 2. The lowest BCUT2D eigenvalue weighted by molar-refractivity contribution is -0.137. The summed E-state index contributed by atoms with van der Waals surface area (Å²) < 4.78 is 5.32. The molecule has 5 nitrogen and oxygen atoms in total. The molecule has 1 aliphatic heterocycles. The Balaban J connectivity index is 1.77. The average molecular weight is 427 g/mol. The van der Waals surface area contributed by atoms with E-state index in [4.69, 9.17) is 27.6 Å². The summed E-state index contributed by atoms with van der Waals surface area (Å²) in [6.45, 7) is 1.92. The number of hydrogen-bond donors (Lipinski definition) is 1. The molecule has 1 aromatic heterocycles. The topological polar surface area (TPSA) is 62.6 Å². The van der Waals surface area contributed by atoms with Gasteiger partial charge in [-0.1, -0.05) is 35.3 Å². The quantitative estimate of drug-likeness (QED) is 0.563. The van der Waals surface area contributed by atoms with Crippen LogP contribution in [-0.4, -0.2) is 16.7 Å². The van der Waals surface area contributed by atoms with Crippen LogP contribution in [0.1, 0.15) is 16.9 Å². The molecule has 7 heteroatoms. The van der Waals surface area contributed by atoms with Crippen LogP contribution in [0.2, 0.25) is 10.0 Å². The van der Waals surface area contributed by atoms with Gasteiger partial charge in [-0.05, 0) is 60.5 Å². The largest absolute Gasteiger partial charge is 0.467 e. The number of hydrogen-bond acceptors (Lipinski definition) is 4. The number of benzene rings is 2. The van der Waals surface area contributed by atoms with Crippen molar-refractivity contribution >= 4 is 46.3 Å². The molecule has 0 atom stereocenters. The lowest BCUT2D eigenvalue weighted by Gasteiger charge is -2.14. The molecule has 3 aromatic rings. The SMILES string of the molecule is Cc1cc(Cl)ccc1NC1=C(c2ccc(Cl)cc2)C(=O)N(Cc2ccco2)C1=O. The first-order valence-electron chi connectivity index (χ1n) is 8.86. The Morgan fingerprint density at radius 1 is 0.966 bits per heavy atom. The third-order valence-corrected chi connectivity index (χ3v) is 5.13. The highest BCUT2D eigenvalue weighted by atomic mass is 35.5. The molecule has 2 heterocycles. The fraction of sp³-hybridized carbons (Fsp3) is 0.0909. The van der Waals surface area contributed by atoms with Crippen LogP contribution in [-0.2, 0) is 16.1 Å². The third-order valence-electron chi connectivity index (χ3n) is 4.64. The molecular weight excluding hydrogens is 411 g/mol. The van der Waals surface area contributed by atoms with E-state index in [-0.39, 0.29) is 17.8 Å². The maximum atomic E-state index is 13.2. The van der Waals surface area contributed by atoms with Crippen molar-refractivity contribution in [3.05, 3.63) is 93.5 Å². The van der Waals surface area contributed by atoms with E-state index in [2.05, 4.69) is 5.32 Å². The Kier molecular flexibility index (Phi) is 5.18. The predicted octanol–water partition coefficient (Wildman–Crippen LogP) is 5.29. The Labute approximate surface area is 177 Å². The van der Waals surface area contributed by atoms with Crippen molar-refractivity contribution in [3.63, 3.8) is 0 Å². The predicted molar refractivity (Wildman–Crippen MR) is 112 cm³/mol. The molecule has 1 N–H and O–H groups in total. The molecule has 2 amide bonds. The zero-order chi connectivity index (χ0) is 20.5. The molecule has 0 unspecified atom stereocenters. The van der Waals surface area contributed by atoms with E-state index >= 15 is 0 Å². The fourth-order valence-corrected chi connectivity index (χ4v) is 3.53. The van der Waals surface area contributed by atoms with Crippen LogP contribution < -0.4 is 5.32 Å². The van der Waals surface area contributed by atoms with Gasteiger partial charge in [0.15, 0.2) is 0 Å². The number of nitrogens with one attached hydrogen (secondary N) is 1. The number of carbonyl (C=O) groups excluding carboxylic acids is 2. The number of halogens is 2. The second-order valence-electron chi connectivity index (χ2n) is 6.62. The standard InChI is InChI=1S/C22H16Cl2N2O3/c1-13-11-16(24)8-9-18(13)25-20-19(14-4-6-15(23)7-5-14)21(27)26(22(20)28)12-17-3-2-10-29-17/h2-11,25H,12H2,1H3. The first-order chi connectivity index (χ1) is 13.9. The van der Waals surface area contributed by atoms with E-state index < -0.39 is 11.8 Å². The number of aryl methyl sites for hydroxylation is 1. The van der Waals surface area contributed by atoms with E-state index in [1.54, 1.807) is 54.6 Å². The molecule has 0 aliphatic carbocycles. The molecule has 0 bridgehead atoms. The van der Waals surface area contributed by atoms with Gasteiger partial charge in [-0.2, -0.15) is 0 Å². The first-order valence-corrected chi connectivity index (χ1v) is 9.61. The van der Waals surface area contributed by atoms with E-state index in [1.807, 2.05) is 6.92 Å². The molecule has 0 radical (unpaired) electrons. The van der Waals surface area contributed by atoms with Crippen molar-refractivity contribution in [2.75, 3.05) is 5.32 Å². The van der Waals surface area contributed by atoms with Gasteiger partial charge in [0.05, 0.1) is 18.4 Å². The number of nitrogens with zero attached hydrogens (tertiary/aromatic N) is 1. The van der Waals surface area contributed by atoms with Crippen molar-refractivity contribution < 1.29 is 14.0 Å². The fourth-order valence-electron chi connectivity index (χ4n) is 3.18. The van der Waals surface area contributed by atoms with Crippen molar-refractivity contribution in [3.8, 4) is 0 Å². The van der Waals surface area contributed by atoms with Crippen LogP contribution in [0.5, 0.6) is 0 Å². The third kappa shape index (κ3) is 3.79. The minimum Gasteiger partial charge on any atom is -0.467 e. The summed E-state index contributed by atoms with van der Waals surface area (Å²) >= 11 is 12.0. The second kappa shape index (κ2) is 7.78. The van der Waals surface area contributed by atoms with Crippen molar-refractivity contribution in [2.45, 2.75) is 13.5 Å². The van der Waals surface area contributed by atoms with E-state index in [9.17, 15) is 9.59 Å². The van der Waals surface area contributed by atoms with Crippen LogP contribution in [0.3, 0.4) is 0 Å². The summed E-state index contributed by atoms with van der Waals surface area (Å²) in [5, 5.41) is 4.27. The highest BCUT2D eigenvalue weighted by molar-refractivity contribution is 6.37. The molecule has 0 spiro atoms. The molecule has 0 saturated heterocycles. The van der Waals surface area contributed by atoms with Crippen LogP contribution >= 0.6 is 23.2 Å². The number of carbonyl (C=O) groups is 2. The van der Waals surface area contributed by atoms with Gasteiger partial charge in [0.25, 0.3) is 11.8 Å². The van der Waals surface area contributed by atoms with E-state index in [0.29, 0.717) is 27.1 Å². The first kappa shape index (κ1) is 19.3. The summed E-state index contributed by atoms with van der Waals surface area (Å²) in [7, 11) is 0. The van der Waals surface area contributed by atoms with Gasteiger partial charge >= 0.3 is 0 Å². The Bertz CT molecular complexity index is 1120. The van der Waals surface area contributed by atoms with Crippen LogP contribution in [0.4, 0.5) is 5.69 Å². The lowest BCUT2D eigenvalue weighted by Crippen LogP contribution is -2.31. The molecular formula is C22H16Cl2N2O3. The second-order valence-corrected chi connectivity index (χ2v) is 7.49. The summed E-state index contributed by atoms with van der Waals surface area (Å²) in [5.41, 5.74) is 2.63. The van der Waals surface area contributed by atoms with Crippen molar-refractivity contribution in [1.82, 2.24) is 4.90 Å². The molecule has 29 heavy (non-hydrogen) atoms. The van der Waals surface area contributed by atoms with Crippen LogP contribution in [0, 0.1) is 6.92 Å². The van der Waals surface area contributed by atoms with E-state index in [1.165, 1.54) is 6.26 Å². The van der Waals surface area contributed by atoms with Gasteiger partial charge in [-0.25, -0.2) is 0 Å². The van der Waals surface area contributed by atoms with Gasteiger partial charge in [-0.15, -0.1) is 0 Å². The molecule has 2 aromatic carbocycles. The van der Waals surface area contributed by atoms with Gasteiger partial charge < -0.3 is 9.73 Å². The number of anilines is 1. The average Bonchev–Trinajstić information content (AvgIpc) is 3.28. The minimum absolute atomic E-state index is 0.0482. The zero-order valence-corrected chi connectivity index (χ0v) is 16.9. The molecule has 0 saturated carbocycles. The zero-order valence-electron chi connectivity index (χ0n) is 15.4. The van der Waals surface area contributed by atoms with Gasteiger partial charge in [0, 0.05) is 15.7 Å². The molecule has 146 valence electrons. The van der Waals surface area contributed by atoms with Crippen molar-refractivity contribution in [2.24, 2.45) is 0 Å². The maximum absolute atomic E-state index is 13.2. The number of rotatable bonds is 5. The van der Waals surface area contributed by atoms with Gasteiger partial charge in [0.2, 0.25) is 0 Å².